The van der Waals surface area contributed by atoms with E-state index in [1.54, 1.807) is 0 Å². The summed E-state index contributed by atoms with van der Waals surface area (Å²) >= 11 is 5.82. The van der Waals surface area contributed by atoms with E-state index in [1.807, 2.05) is 12.1 Å². The smallest absolute Gasteiger partial charge is 0.251 e. The summed E-state index contributed by atoms with van der Waals surface area (Å²) in [5.74, 6) is -0.808. The first-order chi connectivity index (χ1) is 18.0. The summed E-state index contributed by atoms with van der Waals surface area (Å²) in [5, 5.41) is 6.07. The van der Waals surface area contributed by atoms with Crippen molar-refractivity contribution in [2.45, 2.75) is 78.6 Å². The average molecular weight is 545 g/mol. The van der Waals surface area contributed by atoms with Crippen molar-refractivity contribution in [3.63, 3.8) is 0 Å². The van der Waals surface area contributed by atoms with Crippen LogP contribution in [0.2, 0.25) is 5.02 Å². The Balaban J connectivity index is 1.51. The summed E-state index contributed by atoms with van der Waals surface area (Å²) in [5.41, 5.74) is 3.35. The van der Waals surface area contributed by atoms with Crippen LogP contribution in [-0.4, -0.2) is 65.9 Å². The van der Waals surface area contributed by atoms with Gasteiger partial charge in [0, 0.05) is 61.5 Å². The highest BCUT2D eigenvalue weighted by Gasteiger charge is 2.26. The molecule has 0 aromatic heterocycles. The molecule has 0 spiro atoms. The van der Waals surface area contributed by atoms with E-state index in [2.05, 4.69) is 68.0 Å². The molecule has 1 aliphatic heterocycles. The Morgan fingerprint density at radius 2 is 1.61 bits per heavy atom. The number of hydrogen-bond acceptors (Lipinski definition) is 4. The molecule has 1 atom stereocenters. The van der Waals surface area contributed by atoms with E-state index in [0.29, 0.717) is 29.8 Å². The molecule has 1 aliphatic rings. The SMILES string of the molecule is Cc1cc(C(=O)NCCN(C(C)C)C(C)C)ccc1C(C)N1CCC(NC(=O)c2ccc(F)c(Cl)c2)CC1. The average Bonchev–Trinajstić information content (AvgIpc) is 2.87. The second-order valence-corrected chi connectivity index (χ2v) is 11.2. The van der Waals surface area contributed by atoms with Crippen LogP contribution >= 0.6 is 11.6 Å². The van der Waals surface area contributed by atoms with Gasteiger partial charge in [0.1, 0.15) is 5.82 Å². The minimum atomic E-state index is -0.533. The van der Waals surface area contributed by atoms with Crippen LogP contribution in [0, 0.1) is 12.7 Å². The standard InChI is InChI=1S/C30H42ClFN4O2/c1-19(2)36(20(3)4)16-13-33-29(37)23-7-9-26(21(5)17-23)22(6)35-14-11-25(12-15-35)34-30(38)24-8-10-28(32)27(31)18-24/h7-10,17-20,22,25H,11-16H2,1-6H3,(H,33,37)(H,34,38). The van der Waals surface area contributed by atoms with Crippen LogP contribution in [0.1, 0.15) is 85.3 Å². The molecule has 3 rings (SSSR count). The summed E-state index contributed by atoms with van der Waals surface area (Å²) in [7, 11) is 0. The zero-order chi connectivity index (χ0) is 28.0. The molecule has 2 amide bonds. The number of nitrogens with zero attached hydrogens (tertiary/aromatic N) is 2. The van der Waals surface area contributed by atoms with Crippen LogP contribution in [0.5, 0.6) is 0 Å². The molecule has 0 bridgehead atoms. The first-order valence-corrected chi connectivity index (χ1v) is 14.0. The zero-order valence-corrected chi connectivity index (χ0v) is 24.2. The lowest BCUT2D eigenvalue weighted by atomic mass is 9.95. The maximum atomic E-state index is 13.4. The second-order valence-electron chi connectivity index (χ2n) is 10.8. The summed E-state index contributed by atoms with van der Waals surface area (Å²) in [6.07, 6.45) is 1.66. The lowest BCUT2D eigenvalue weighted by molar-refractivity contribution is 0.0893. The van der Waals surface area contributed by atoms with Gasteiger partial charge in [0.15, 0.2) is 0 Å². The van der Waals surface area contributed by atoms with Crippen LogP contribution in [0.15, 0.2) is 36.4 Å². The summed E-state index contributed by atoms with van der Waals surface area (Å²) in [4.78, 5) is 30.1. The zero-order valence-electron chi connectivity index (χ0n) is 23.5. The van der Waals surface area contributed by atoms with E-state index in [9.17, 15) is 14.0 Å². The lowest BCUT2D eigenvalue weighted by Crippen LogP contribution is -2.45. The Morgan fingerprint density at radius 1 is 1.00 bits per heavy atom. The topological polar surface area (TPSA) is 64.7 Å². The van der Waals surface area contributed by atoms with Gasteiger partial charge in [-0.3, -0.25) is 19.4 Å². The van der Waals surface area contributed by atoms with Crippen LogP contribution in [-0.2, 0) is 0 Å². The number of nitrogens with one attached hydrogen (secondary N) is 2. The lowest BCUT2D eigenvalue weighted by Gasteiger charge is -2.37. The number of piperidine rings is 1. The van der Waals surface area contributed by atoms with Crippen molar-refractivity contribution in [1.82, 2.24) is 20.4 Å². The van der Waals surface area contributed by atoms with Gasteiger partial charge in [0.25, 0.3) is 11.8 Å². The van der Waals surface area contributed by atoms with Gasteiger partial charge in [-0.15, -0.1) is 0 Å². The normalized spacial score (nSPS) is 15.8. The fourth-order valence-electron chi connectivity index (χ4n) is 5.33. The molecule has 0 radical (unpaired) electrons. The Hall–Kier alpha value is -2.48. The molecule has 6 nitrogen and oxygen atoms in total. The molecule has 0 saturated carbocycles. The Labute approximate surface area is 231 Å². The van der Waals surface area contributed by atoms with Crippen LogP contribution in [0.3, 0.4) is 0 Å². The number of hydrogen-bond donors (Lipinski definition) is 2. The van der Waals surface area contributed by atoms with E-state index >= 15 is 0 Å². The quantitative estimate of drug-likeness (QED) is 0.409. The number of rotatable bonds is 10. The molecule has 1 heterocycles. The van der Waals surface area contributed by atoms with Gasteiger partial charge in [0.2, 0.25) is 0 Å². The van der Waals surface area contributed by atoms with Gasteiger partial charge in [-0.2, -0.15) is 0 Å². The number of aryl methyl sites for hydroxylation is 1. The maximum Gasteiger partial charge on any atom is 0.251 e. The van der Waals surface area contributed by atoms with Gasteiger partial charge in [-0.05, 0) is 95.8 Å². The third kappa shape index (κ3) is 7.78. The highest BCUT2D eigenvalue weighted by molar-refractivity contribution is 6.31. The van der Waals surface area contributed by atoms with E-state index in [0.717, 1.165) is 38.0 Å². The number of amides is 2. The largest absolute Gasteiger partial charge is 0.351 e. The van der Waals surface area contributed by atoms with Crippen molar-refractivity contribution in [2.75, 3.05) is 26.2 Å². The number of halogens is 2. The minimum Gasteiger partial charge on any atom is -0.351 e. The minimum absolute atomic E-state index is 0.0428. The van der Waals surface area contributed by atoms with Crippen molar-refractivity contribution in [3.05, 3.63) is 69.5 Å². The van der Waals surface area contributed by atoms with E-state index in [-0.39, 0.29) is 28.9 Å². The van der Waals surface area contributed by atoms with Gasteiger partial charge < -0.3 is 10.6 Å². The van der Waals surface area contributed by atoms with E-state index in [1.165, 1.54) is 23.8 Å². The van der Waals surface area contributed by atoms with Crippen molar-refractivity contribution in [3.8, 4) is 0 Å². The third-order valence-corrected chi connectivity index (χ3v) is 7.85. The highest BCUT2D eigenvalue weighted by atomic mass is 35.5. The Bertz CT molecular complexity index is 1110. The molecule has 1 fully saturated rings. The van der Waals surface area contributed by atoms with E-state index in [4.69, 9.17) is 11.6 Å². The molecule has 1 unspecified atom stereocenters. The fourth-order valence-corrected chi connectivity index (χ4v) is 5.51. The van der Waals surface area contributed by atoms with Crippen LogP contribution < -0.4 is 10.6 Å². The van der Waals surface area contributed by atoms with Crippen molar-refractivity contribution in [2.24, 2.45) is 0 Å². The molecule has 208 valence electrons. The molecular weight excluding hydrogens is 503 g/mol. The number of likely N-dealkylation sites (tertiary alicyclic amines) is 1. The molecule has 2 N–H and O–H groups in total. The molecule has 8 heteroatoms. The first-order valence-electron chi connectivity index (χ1n) is 13.6. The summed E-state index contributed by atoms with van der Waals surface area (Å²) in [6, 6.07) is 11.1. The highest BCUT2D eigenvalue weighted by Crippen LogP contribution is 2.27. The Kier molecular flexibility index (Phi) is 10.7. The van der Waals surface area contributed by atoms with Crippen LogP contribution in [0.25, 0.3) is 0 Å². The monoisotopic (exact) mass is 544 g/mol. The van der Waals surface area contributed by atoms with Crippen molar-refractivity contribution in [1.29, 1.82) is 0 Å². The predicted molar refractivity (Wildman–Crippen MR) is 152 cm³/mol. The van der Waals surface area contributed by atoms with Crippen LogP contribution in [0.4, 0.5) is 4.39 Å². The van der Waals surface area contributed by atoms with Gasteiger partial charge in [0.05, 0.1) is 5.02 Å². The summed E-state index contributed by atoms with van der Waals surface area (Å²) in [6.45, 7) is 16.1. The first kappa shape index (κ1) is 30.1. The maximum absolute atomic E-state index is 13.4. The molecule has 2 aromatic rings. The Morgan fingerprint density at radius 3 is 2.18 bits per heavy atom. The number of carbonyl (C=O) groups is 2. The summed E-state index contributed by atoms with van der Waals surface area (Å²) < 4.78 is 13.4. The van der Waals surface area contributed by atoms with Gasteiger partial charge >= 0.3 is 0 Å². The molecule has 1 saturated heterocycles. The fraction of sp³-hybridized carbons (Fsp3) is 0.533. The number of carbonyl (C=O) groups excluding carboxylic acids is 2. The molecular formula is C30H42ClFN4O2. The molecule has 38 heavy (non-hydrogen) atoms. The van der Waals surface area contributed by atoms with E-state index < -0.39 is 5.82 Å². The van der Waals surface area contributed by atoms with Gasteiger partial charge in [-0.25, -0.2) is 4.39 Å². The van der Waals surface area contributed by atoms with Gasteiger partial charge in [-0.1, -0.05) is 17.7 Å². The second kappa shape index (κ2) is 13.5. The third-order valence-electron chi connectivity index (χ3n) is 7.56. The number of benzene rings is 2. The van der Waals surface area contributed by atoms with Crippen molar-refractivity contribution >= 4 is 23.4 Å². The predicted octanol–water partition coefficient (Wildman–Crippen LogP) is 5.59. The molecule has 0 aliphatic carbocycles. The molecule has 2 aromatic carbocycles. The van der Waals surface area contributed by atoms with Crippen molar-refractivity contribution < 1.29 is 14.0 Å².